The Morgan fingerprint density at radius 2 is 2.00 bits per heavy atom. The lowest BCUT2D eigenvalue weighted by molar-refractivity contribution is 0.102. The summed E-state index contributed by atoms with van der Waals surface area (Å²) in [5.74, 6) is -2.45. The minimum absolute atomic E-state index is 0.173. The maximum absolute atomic E-state index is 13.3. The second-order valence-electron chi connectivity index (χ2n) is 5.66. The van der Waals surface area contributed by atoms with Gasteiger partial charge in [0.1, 0.15) is 5.65 Å². The molecule has 0 atom stereocenters. The van der Waals surface area contributed by atoms with E-state index in [2.05, 4.69) is 10.3 Å². The number of benzene rings is 1. The van der Waals surface area contributed by atoms with Crippen molar-refractivity contribution in [2.75, 3.05) is 19.4 Å². The van der Waals surface area contributed by atoms with Crippen LogP contribution in [0.25, 0.3) is 5.65 Å². The summed E-state index contributed by atoms with van der Waals surface area (Å²) in [6.45, 7) is 0.506. The van der Waals surface area contributed by atoms with Gasteiger partial charge in [0.05, 0.1) is 5.69 Å². The van der Waals surface area contributed by atoms with Gasteiger partial charge in [-0.25, -0.2) is 13.8 Å². The number of anilines is 1. The quantitative estimate of drug-likeness (QED) is 0.800. The SMILES string of the molecule is CN(C)Cc1c(C(=O)Nc2ccc(F)c(F)c2)nc2ccccn12. The second-order valence-corrected chi connectivity index (χ2v) is 5.66. The molecule has 0 bridgehead atoms. The highest BCUT2D eigenvalue weighted by atomic mass is 19.2. The molecule has 5 nitrogen and oxygen atoms in total. The summed E-state index contributed by atoms with van der Waals surface area (Å²) in [5.41, 5.74) is 1.78. The zero-order valence-electron chi connectivity index (χ0n) is 13.3. The van der Waals surface area contributed by atoms with Crippen molar-refractivity contribution < 1.29 is 13.6 Å². The molecule has 3 rings (SSSR count). The molecule has 3 aromatic rings. The largest absolute Gasteiger partial charge is 0.320 e. The number of aromatic nitrogens is 2. The van der Waals surface area contributed by atoms with Crippen LogP contribution in [-0.2, 0) is 6.54 Å². The molecule has 1 amide bonds. The van der Waals surface area contributed by atoms with Gasteiger partial charge in [-0.05, 0) is 38.4 Å². The van der Waals surface area contributed by atoms with Crippen LogP contribution in [0.4, 0.5) is 14.5 Å². The van der Waals surface area contributed by atoms with Crippen LogP contribution >= 0.6 is 0 Å². The van der Waals surface area contributed by atoms with Crippen molar-refractivity contribution in [1.82, 2.24) is 14.3 Å². The lowest BCUT2D eigenvalue weighted by Gasteiger charge is -2.11. The summed E-state index contributed by atoms with van der Waals surface area (Å²) in [5, 5.41) is 2.56. The third-order valence-electron chi connectivity index (χ3n) is 3.49. The number of hydrogen-bond donors (Lipinski definition) is 1. The van der Waals surface area contributed by atoms with E-state index in [9.17, 15) is 13.6 Å². The van der Waals surface area contributed by atoms with E-state index in [0.29, 0.717) is 12.2 Å². The molecule has 1 aromatic carbocycles. The average Bonchev–Trinajstić information content (AvgIpc) is 2.89. The van der Waals surface area contributed by atoms with Crippen LogP contribution < -0.4 is 5.32 Å². The van der Waals surface area contributed by atoms with Crippen LogP contribution in [0.1, 0.15) is 16.2 Å². The molecule has 2 heterocycles. The lowest BCUT2D eigenvalue weighted by Crippen LogP contribution is -2.19. The number of imidazole rings is 1. The van der Waals surface area contributed by atoms with E-state index >= 15 is 0 Å². The topological polar surface area (TPSA) is 49.6 Å². The van der Waals surface area contributed by atoms with Gasteiger partial charge in [-0.2, -0.15) is 0 Å². The molecule has 0 saturated carbocycles. The van der Waals surface area contributed by atoms with Crippen LogP contribution in [0.5, 0.6) is 0 Å². The molecule has 0 aliphatic rings. The minimum atomic E-state index is -1.02. The molecule has 0 spiro atoms. The van der Waals surface area contributed by atoms with E-state index in [1.807, 2.05) is 41.7 Å². The van der Waals surface area contributed by atoms with Crippen molar-refractivity contribution in [1.29, 1.82) is 0 Å². The summed E-state index contributed by atoms with van der Waals surface area (Å²) < 4.78 is 28.1. The van der Waals surface area contributed by atoms with E-state index in [0.717, 1.165) is 17.8 Å². The van der Waals surface area contributed by atoms with Crippen LogP contribution in [0, 0.1) is 11.6 Å². The van der Waals surface area contributed by atoms with Crippen LogP contribution in [0.2, 0.25) is 0 Å². The summed E-state index contributed by atoms with van der Waals surface area (Å²) in [7, 11) is 3.78. The Morgan fingerprint density at radius 3 is 2.71 bits per heavy atom. The Kier molecular flexibility index (Phi) is 4.26. The standard InChI is InChI=1S/C17H16F2N4O/c1-22(2)10-14-16(21-15-5-3-4-8-23(14)15)17(24)20-11-6-7-12(18)13(19)9-11/h3-9H,10H2,1-2H3,(H,20,24). The van der Waals surface area contributed by atoms with Gasteiger partial charge in [0.15, 0.2) is 17.3 Å². The summed E-state index contributed by atoms with van der Waals surface area (Å²) in [6, 6.07) is 8.69. The first-order chi connectivity index (χ1) is 11.5. The highest BCUT2D eigenvalue weighted by Crippen LogP contribution is 2.18. The van der Waals surface area contributed by atoms with Crippen molar-refractivity contribution in [2.45, 2.75) is 6.54 Å². The number of nitrogens with one attached hydrogen (secondary N) is 1. The van der Waals surface area contributed by atoms with Crippen LogP contribution in [-0.4, -0.2) is 34.3 Å². The van der Waals surface area contributed by atoms with Gasteiger partial charge in [0, 0.05) is 24.5 Å². The van der Waals surface area contributed by atoms with Crippen LogP contribution in [0.3, 0.4) is 0 Å². The monoisotopic (exact) mass is 330 g/mol. The molecule has 124 valence electrons. The molecule has 24 heavy (non-hydrogen) atoms. The Bertz CT molecular complexity index is 905. The van der Waals surface area contributed by atoms with Crippen molar-refractivity contribution in [3.05, 3.63) is 65.6 Å². The first-order valence-electron chi connectivity index (χ1n) is 7.33. The van der Waals surface area contributed by atoms with Crippen molar-refractivity contribution >= 4 is 17.2 Å². The first kappa shape index (κ1) is 16.1. The first-order valence-corrected chi connectivity index (χ1v) is 7.33. The number of nitrogens with zero attached hydrogens (tertiary/aromatic N) is 3. The maximum atomic E-state index is 13.3. The Hall–Kier alpha value is -2.80. The molecular formula is C17H16F2N4O. The van der Waals surface area contributed by atoms with Gasteiger partial charge < -0.3 is 14.6 Å². The molecule has 2 aromatic heterocycles. The van der Waals surface area contributed by atoms with Crippen molar-refractivity contribution in [2.24, 2.45) is 0 Å². The minimum Gasteiger partial charge on any atom is -0.320 e. The fraction of sp³-hybridized carbons (Fsp3) is 0.176. The van der Waals surface area contributed by atoms with E-state index in [4.69, 9.17) is 0 Å². The zero-order chi connectivity index (χ0) is 17.3. The smallest absolute Gasteiger partial charge is 0.276 e. The second kappa shape index (κ2) is 6.37. The van der Waals surface area contributed by atoms with Crippen LogP contribution in [0.15, 0.2) is 42.6 Å². The molecular weight excluding hydrogens is 314 g/mol. The molecule has 0 saturated heterocycles. The third kappa shape index (κ3) is 3.11. The fourth-order valence-electron chi connectivity index (χ4n) is 2.44. The molecule has 7 heteroatoms. The molecule has 0 aliphatic heterocycles. The number of hydrogen-bond acceptors (Lipinski definition) is 3. The highest BCUT2D eigenvalue weighted by Gasteiger charge is 2.19. The average molecular weight is 330 g/mol. The number of rotatable bonds is 4. The molecule has 0 radical (unpaired) electrons. The summed E-state index contributed by atoms with van der Waals surface area (Å²) in [4.78, 5) is 18.8. The van der Waals surface area contributed by atoms with Gasteiger partial charge in [0.2, 0.25) is 0 Å². The fourth-order valence-corrected chi connectivity index (χ4v) is 2.44. The number of amides is 1. The van der Waals surface area contributed by atoms with Gasteiger partial charge in [-0.3, -0.25) is 4.79 Å². The van der Waals surface area contributed by atoms with Crippen molar-refractivity contribution in [3.8, 4) is 0 Å². The highest BCUT2D eigenvalue weighted by molar-refractivity contribution is 6.04. The molecule has 0 fully saturated rings. The number of fused-ring (bicyclic) bond motifs is 1. The predicted octanol–water partition coefficient (Wildman–Crippen LogP) is 2.93. The van der Waals surface area contributed by atoms with E-state index in [-0.39, 0.29) is 11.4 Å². The Labute approximate surface area is 137 Å². The number of pyridine rings is 1. The molecule has 0 unspecified atom stereocenters. The molecule has 1 N–H and O–H groups in total. The Morgan fingerprint density at radius 1 is 1.21 bits per heavy atom. The zero-order valence-corrected chi connectivity index (χ0v) is 13.3. The summed E-state index contributed by atoms with van der Waals surface area (Å²) in [6.07, 6.45) is 1.83. The van der Waals surface area contributed by atoms with E-state index in [1.165, 1.54) is 6.07 Å². The van der Waals surface area contributed by atoms with Gasteiger partial charge in [0.25, 0.3) is 5.91 Å². The van der Waals surface area contributed by atoms with Gasteiger partial charge in [-0.1, -0.05) is 6.07 Å². The number of carbonyl (C=O) groups is 1. The van der Waals surface area contributed by atoms with Gasteiger partial charge in [-0.15, -0.1) is 0 Å². The van der Waals surface area contributed by atoms with Gasteiger partial charge >= 0.3 is 0 Å². The predicted molar refractivity (Wildman–Crippen MR) is 86.9 cm³/mol. The Balaban J connectivity index is 1.97. The normalized spacial score (nSPS) is 11.2. The van der Waals surface area contributed by atoms with Crippen molar-refractivity contribution in [3.63, 3.8) is 0 Å². The third-order valence-corrected chi connectivity index (χ3v) is 3.49. The lowest BCUT2D eigenvalue weighted by atomic mass is 10.2. The summed E-state index contributed by atoms with van der Waals surface area (Å²) >= 11 is 0. The maximum Gasteiger partial charge on any atom is 0.276 e. The number of carbonyl (C=O) groups excluding carboxylic acids is 1. The molecule has 0 aliphatic carbocycles. The van der Waals surface area contributed by atoms with E-state index < -0.39 is 17.5 Å². The van der Waals surface area contributed by atoms with E-state index in [1.54, 1.807) is 6.07 Å². The number of halogens is 2.